The molecule has 2 unspecified atom stereocenters. The van der Waals surface area contributed by atoms with Crippen molar-refractivity contribution >= 4 is 0 Å². The van der Waals surface area contributed by atoms with Crippen molar-refractivity contribution in [2.75, 3.05) is 0 Å². The van der Waals surface area contributed by atoms with Crippen LogP contribution in [-0.2, 0) is 0 Å². The Labute approximate surface area is 466 Å². The van der Waals surface area contributed by atoms with Crippen LogP contribution in [0.4, 0.5) is 0 Å². The van der Waals surface area contributed by atoms with Gasteiger partial charge in [0.25, 0.3) is 0 Å². The molecule has 0 N–H and O–H groups in total. The Morgan fingerprint density at radius 1 is 0.175 bits per heavy atom. The number of nitrogens with zero attached hydrogens (tertiary/aromatic N) is 4. The van der Waals surface area contributed by atoms with E-state index in [4.69, 9.17) is 19.9 Å². The number of hydrogen-bond donors (Lipinski definition) is 0. The lowest BCUT2D eigenvalue weighted by atomic mass is 9.61. The first-order valence-electron chi connectivity index (χ1n) is 27.4. The van der Waals surface area contributed by atoms with Gasteiger partial charge in [0.05, 0.1) is 22.8 Å². The van der Waals surface area contributed by atoms with E-state index in [0.29, 0.717) is 11.6 Å². The highest BCUT2D eigenvalue weighted by Crippen LogP contribution is 2.57. The second-order valence-electron chi connectivity index (χ2n) is 20.8. The SMILES string of the molecule is c1ccc(-c2ccc(-c3ccccc3-c3cc(-c4ccccc4)nc(-c4ccc5c(c4)C4c6ccccc6C5c5cc(-c6nc(-c7ccccc7)cc(-c7ccccc7-c7ccc(-c8ccccc8)cc7)n6)ccc54)n3)cc2)cc1. The summed E-state index contributed by atoms with van der Waals surface area (Å²) in [6, 6.07) is 104. The molecule has 13 aromatic rings. The molecule has 4 nitrogen and oxygen atoms in total. The van der Waals surface area contributed by atoms with E-state index in [1.54, 1.807) is 0 Å². The summed E-state index contributed by atoms with van der Waals surface area (Å²) in [7, 11) is 0. The van der Waals surface area contributed by atoms with E-state index in [-0.39, 0.29) is 11.8 Å². The van der Waals surface area contributed by atoms with Crippen molar-refractivity contribution in [3.05, 3.63) is 325 Å². The fraction of sp³-hybridized carbons (Fsp3) is 0.0263. The van der Waals surface area contributed by atoms with Crippen LogP contribution in [0.2, 0.25) is 0 Å². The molecule has 374 valence electrons. The van der Waals surface area contributed by atoms with Gasteiger partial charge in [0, 0.05) is 45.2 Å². The van der Waals surface area contributed by atoms with Crippen LogP contribution >= 0.6 is 0 Å². The number of aromatic nitrogens is 4. The summed E-state index contributed by atoms with van der Waals surface area (Å²) in [5, 5.41) is 0. The predicted octanol–water partition coefficient (Wildman–Crippen LogP) is 18.9. The summed E-state index contributed by atoms with van der Waals surface area (Å²) in [5.41, 5.74) is 26.8. The van der Waals surface area contributed by atoms with Crippen LogP contribution < -0.4 is 0 Å². The zero-order valence-corrected chi connectivity index (χ0v) is 43.7. The Morgan fingerprint density at radius 3 is 0.838 bits per heavy atom. The Hall–Kier alpha value is -10.4. The molecule has 80 heavy (non-hydrogen) atoms. The maximum Gasteiger partial charge on any atom is 0.160 e. The average Bonchev–Trinajstić information content (AvgIpc) is 3.56. The quantitative estimate of drug-likeness (QED) is 0.137. The molecule has 0 amide bonds. The Kier molecular flexibility index (Phi) is 11.6. The van der Waals surface area contributed by atoms with Crippen molar-refractivity contribution < 1.29 is 0 Å². The summed E-state index contributed by atoms with van der Waals surface area (Å²) < 4.78 is 0. The van der Waals surface area contributed by atoms with Crippen LogP contribution in [0.1, 0.15) is 45.2 Å². The number of hydrogen-bond acceptors (Lipinski definition) is 4. The number of rotatable bonds is 10. The van der Waals surface area contributed by atoms with Crippen LogP contribution in [-0.4, -0.2) is 19.9 Å². The topological polar surface area (TPSA) is 51.6 Å². The highest BCUT2D eigenvalue weighted by molar-refractivity contribution is 5.87. The summed E-state index contributed by atoms with van der Waals surface area (Å²) >= 11 is 0. The van der Waals surface area contributed by atoms with E-state index in [1.165, 1.54) is 55.6 Å². The van der Waals surface area contributed by atoms with E-state index in [2.05, 4.69) is 291 Å². The molecule has 2 heterocycles. The Morgan fingerprint density at radius 2 is 0.450 bits per heavy atom. The van der Waals surface area contributed by atoms with E-state index >= 15 is 0 Å². The minimum absolute atomic E-state index is 0.0128. The second-order valence-corrected chi connectivity index (χ2v) is 20.8. The Balaban J connectivity index is 0.823. The van der Waals surface area contributed by atoms with Crippen LogP contribution in [0, 0.1) is 0 Å². The fourth-order valence-corrected chi connectivity index (χ4v) is 12.3. The van der Waals surface area contributed by atoms with Crippen molar-refractivity contribution in [1.82, 2.24) is 19.9 Å². The zero-order valence-electron chi connectivity index (χ0n) is 43.7. The normalized spacial score (nSPS) is 13.8. The van der Waals surface area contributed by atoms with Crippen LogP contribution in [0.3, 0.4) is 0 Å². The molecule has 2 aromatic heterocycles. The van der Waals surface area contributed by atoms with E-state index < -0.39 is 0 Å². The van der Waals surface area contributed by atoms with Gasteiger partial charge < -0.3 is 0 Å². The molecule has 2 atom stereocenters. The van der Waals surface area contributed by atoms with Gasteiger partial charge in [0.2, 0.25) is 0 Å². The first kappa shape index (κ1) is 46.8. The molecule has 16 rings (SSSR count). The molecule has 0 radical (unpaired) electrons. The molecule has 11 aromatic carbocycles. The Bertz CT molecular complexity index is 4150. The van der Waals surface area contributed by atoms with Gasteiger partial charge in [-0.25, -0.2) is 19.9 Å². The van der Waals surface area contributed by atoms with Gasteiger partial charge in [-0.1, -0.05) is 267 Å². The maximum atomic E-state index is 5.47. The molecule has 4 heteroatoms. The molecule has 0 spiro atoms. The van der Waals surface area contributed by atoms with Gasteiger partial charge >= 0.3 is 0 Å². The third-order valence-electron chi connectivity index (χ3n) is 16.2. The van der Waals surface area contributed by atoms with Crippen molar-refractivity contribution in [2.45, 2.75) is 11.8 Å². The molecule has 3 aliphatic carbocycles. The van der Waals surface area contributed by atoms with Crippen molar-refractivity contribution in [3.63, 3.8) is 0 Å². The van der Waals surface area contributed by atoms with Crippen LogP contribution in [0.5, 0.6) is 0 Å². The lowest BCUT2D eigenvalue weighted by Crippen LogP contribution is -2.27. The fourth-order valence-electron chi connectivity index (χ4n) is 12.3. The first-order valence-corrected chi connectivity index (χ1v) is 27.4. The highest BCUT2D eigenvalue weighted by atomic mass is 14.9. The third-order valence-corrected chi connectivity index (χ3v) is 16.2. The van der Waals surface area contributed by atoms with Gasteiger partial charge in [0.1, 0.15) is 0 Å². The monoisotopic (exact) mass is 1020 g/mol. The highest BCUT2D eigenvalue weighted by Gasteiger charge is 2.41. The van der Waals surface area contributed by atoms with Crippen LogP contribution in [0.25, 0.3) is 112 Å². The summed E-state index contributed by atoms with van der Waals surface area (Å²) in [4.78, 5) is 21.7. The lowest BCUT2D eigenvalue weighted by Gasteiger charge is -2.42. The second kappa shape index (κ2) is 19.9. The van der Waals surface area contributed by atoms with Gasteiger partial charge in [-0.05, 0) is 102 Å². The molecule has 2 bridgehead atoms. The van der Waals surface area contributed by atoms with E-state index in [9.17, 15) is 0 Å². The zero-order chi connectivity index (χ0) is 52.9. The van der Waals surface area contributed by atoms with Gasteiger partial charge in [-0.2, -0.15) is 0 Å². The summed E-state index contributed by atoms with van der Waals surface area (Å²) in [5.74, 6) is 1.42. The molecule has 3 aliphatic rings. The predicted molar refractivity (Wildman–Crippen MR) is 327 cm³/mol. The third kappa shape index (κ3) is 8.42. The van der Waals surface area contributed by atoms with Gasteiger partial charge in [-0.3, -0.25) is 0 Å². The number of benzene rings is 11. The molecule has 0 saturated carbocycles. The molecule has 0 fully saturated rings. The lowest BCUT2D eigenvalue weighted by molar-refractivity contribution is 0.754. The first-order chi connectivity index (χ1) is 39.6. The molecule has 0 saturated heterocycles. The molecular weight excluding hydrogens is 969 g/mol. The molecule has 0 aliphatic heterocycles. The smallest absolute Gasteiger partial charge is 0.160 e. The summed E-state index contributed by atoms with van der Waals surface area (Å²) in [6.45, 7) is 0. The minimum Gasteiger partial charge on any atom is -0.228 e. The van der Waals surface area contributed by atoms with Gasteiger partial charge in [0.15, 0.2) is 11.6 Å². The molecular formula is C76H50N4. The van der Waals surface area contributed by atoms with Crippen LogP contribution in [0.15, 0.2) is 291 Å². The minimum atomic E-state index is 0.0128. The summed E-state index contributed by atoms with van der Waals surface area (Å²) in [6.07, 6.45) is 0. The van der Waals surface area contributed by atoms with Crippen molar-refractivity contribution in [1.29, 1.82) is 0 Å². The van der Waals surface area contributed by atoms with Gasteiger partial charge in [-0.15, -0.1) is 0 Å². The van der Waals surface area contributed by atoms with E-state index in [0.717, 1.165) is 78.4 Å². The van der Waals surface area contributed by atoms with Crippen molar-refractivity contribution in [3.8, 4) is 112 Å². The van der Waals surface area contributed by atoms with Crippen molar-refractivity contribution in [2.24, 2.45) is 0 Å². The average molecular weight is 1020 g/mol. The standard InChI is InChI=1S/C76H50N4/c1-5-19-49(20-6-1)51-33-37-53(38-34-51)59-27-13-15-29-61(59)71-47-69(55-23-9-3-10-24-55)77-75(79-71)57-41-43-65-67(45-57)73-63-31-17-18-32-64(63)74(65)68-46-58(42-44-66(68)73)76-78-70(56-25-11-4-12-26-56)48-72(80-76)62-30-16-14-28-60(62)54-39-35-52(36-40-54)50-21-7-2-8-22-50/h1-48,73-74H. The maximum absolute atomic E-state index is 5.47. The van der Waals surface area contributed by atoms with E-state index in [1.807, 2.05) is 0 Å². The largest absolute Gasteiger partial charge is 0.228 e.